The molecule has 0 unspecified atom stereocenters. The van der Waals surface area contributed by atoms with Crippen LogP contribution in [0.25, 0.3) is 0 Å². The first kappa shape index (κ1) is 12.2. The molecule has 0 amide bonds. The smallest absolute Gasteiger partial charge is 0.341 e. The van der Waals surface area contributed by atoms with Gasteiger partial charge in [-0.2, -0.15) is 0 Å². The van der Waals surface area contributed by atoms with Crippen molar-refractivity contribution in [1.82, 2.24) is 0 Å². The van der Waals surface area contributed by atoms with Gasteiger partial charge in [-0.25, -0.2) is 18.0 Å². The summed E-state index contributed by atoms with van der Waals surface area (Å²) in [7, 11) is 0.949. The Morgan fingerprint density at radius 3 is 2.19 bits per heavy atom. The third kappa shape index (κ3) is 1.66. The van der Waals surface area contributed by atoms with Crippen LogP contribution in [0.4, 0.5) is 13.2 Å². The van der Waals surface area contributed by atoms with Crippen LogP contribution in [0.1, 0.15) is 26.3 Å². The van der Waals surface area contributed by atoms with Gasteiger partial charge >= 0.3 is 5.97 Å². The summed E-state index contributed by atoms with van der Waals surface area (Å²) < 4.78 is 44.0. The molecule has 1 rings (SSSR count). The Labute approximate surface area is 88.8 Å². The van der Waals surface area contributed by atoms with E-state index in [1.54, 1.807) is 0 Å². The third-order valence-electron chi connectivity index (χ3n) is 2.10. The summed E-state index contributed by atoms with van der Waals surface area (Å²) in [5.74, 6) is -5.76. The topological polar surface area (TPSA) is 43.4 Å². The summed E-state index contributed by atoms with van der Waals surface area (Å²) in [6, 6.07) is 0. The molecule has 0 aromatic heterocycles. The molecule has 86 valence electrons. The minimum atomic E-state index is -1.70. The maximum Gasteiger partial charge on any atom is 0.341 e. The lowest BCUT2D eigenvalue weighted by Gasteiger charge is -2.09. The van der Waals surface area contributed by atoms with Crippen molar-refractivity contribution in [1.29, 1.82) is 0 Å². The average Bonchev–Trinajstić information content (AvgIpc) is 2.27. The van der Waals surface area contributed by atoms with Gasteiger partial charge in [0.05, 0.1) is 12.7 Å². The third-order valence-corrected chi connectivity index (χ3v) is 2.10. The molecule has 3 nitrogen and oxygen atoms in total. The molecular formula is C10H7F3O3. The summed E-state index contributed by atoms with van der Waals surface area (Å²) in [6.07, 6.45) is -0.151. The Morgan fingerprint density at radius 2 is 1.75 bits per heavy atom. The van der Waals surface area contributed by atoms with Crippen molar-refractivity contribution in [3.05, 3.63) is 34.1 Å². The van der Waals surface area contributed by atoms with Gasteiger partial charge in [0.2, 0.25) is 0 Å². The number of rotatable bonds is 2. The molecule has 0 bridgehead atoms. The molecule has 0 saturated carbocycles. The molecule has 0 saturated heterocycles. The van der Waals surface area contributed by atoms with E-state index in [0.29, 0.717) is 0 Å². The molecule has 0 heterocycles. The number of ether oxygens (including phenoxy) is 1. The van der Waals surface area contributed by atoms with E-state index in [1.807, 2.05) is 0 Å². The van der Waals surface area contributed by atoms with Crippen molar-refractivity contribution in [3.63, 3.8) is 0 Å². The van der Waals surface area contributed by atoms with Crippen LogP contribution < -0.4 is 0 Å². The predicted molar refractivity (Wildman–Crippen MR) is 47.8 cm³/mol. The van der Waals surface area contributed by atoms with Crippen molar-refractivity contribution >= 4 is 12.3 Å². The van der Waals surface area contributed by atoms with E-state index < -0.39 is 40.1 Å². The van der Waals surface area contributed by atoms with Crippen LogP contribution in [-0.2, 0) is 4.74 Å². The maximum absolute atomic E-state index is 13.4. The predicted octanol–water partition coefficient (Wildman–Crippen LogP) is 2.01. The number of hydrogen-bond donors (Lipinski definition) is 0. The van der Waals surface area contributed by atoms with E-state index in [-0.39, 0.29) is 6.29 Å². The number of hydrogen-bond acceptors (Lipinski definition) is 3. The molecule has 0 N–H and O–H groups in total. The second-order valence-corrected chi connectivity index (χ2v) is 2.97. The zero-order valence-corrected chi connectivity index (χ0v) is 8.44. The number of carbonyl (C=O) groups excluding carboxylic acids is 2. The first-order valence-electron chi connectivity index (χ1n) is 4.16. The summed E-state index contributed by atoms with van der Waals surface area (Å²) in [4.78, 5) is 21.4. The van der Waals surface area contributed by atoms with E-state index in [2.05, 4.69) is 4.74 Å². The molecule has 0 fully saturated rings. The van der Waals surface area contributed by atoms with Crippen LogP contribution in [0.3, 0.4) is 0 Å². The van der Waals surface area contributed by atoms with E-state index in [9.17, 15) is 22.8 Å². The summed E-state index contributed by atoms with van der Waals surface area (Å²) in [6.45, 7) is 1.05. The normalized spacial score (nSPS) is 10.1. The zero-order chi connectivity index (χ0) is 12.5. The average molecular weight is 232 g/mol. The van der Waals surface area contributed by atoms with E-state index in [4.69, 9.17) is 0 Å². The second-order valence-electron chi connectivity index (χ2n) is 2.97. The van der Waals surface area contributed by atoms with Crippen LogP contribution in [0, 0.1) is 24.4 Å². The summed E-state index contributed by atoms with van der Waals surface area (Å²) in [5, 5.41) is 0. The molecule has 1 aromatic rings. The van der Waals surface area contributed by atoms with E-state index in [1.165, 1.54) is 0 Å². The number of esters is 1. The highest BCUT2D eigenvalue weighted by Crippen LogP contribution is 2.24. The minimum absolute atomic E-state index is 0.151. The molecule has 0 aliphatic carbocycles. The Morgan fingerprint density at radius 1 is 1.19 bits per heavy atom. The lowest BCUT2D eigenvalue weighted by atomic mass is 10.0. The van der Waals surface area contributed by atoms with Crippen molar-refractivity contribution in [2.45, 2.75) is 6.92 Å². The lowest BCUT2D eigenvalue weighted by Crippen LogP contribution is -2.13. The van der Waals surface area contributed by atoms with Gasteiger partial charge in [0.25, 0.3) is 0 Å². The summed E-state index contributed by atoms with van der Waals surface area (Å²) >= 11 is 0. The van der Waals surface area contributed by atoms with Gasteiger partial charge in [0, 0.05) is 5.56 Å². The van der Waals surface area contributed by atoms with Crippen molar-refractivity contribution in [3.8, 4) is 0 Å². The molecule has 0 radical (unpaired) electrons. The molecular weight excluding hydrogens is 225 g/mol. The lowest BCUT2D eigenvalue weighted by molar-refractivity contribution is 0.0592. The Bertz CT molecular complexity index is 440. The van der Waals surface area contributed by atoms with Gasteiger partial charge in [-0.15, -0.1) is 0 Å². The number of carbonyl (C=O) groups is 2. The highest BCUT2D eigenvalue weighted by molar-refractivity contribution is 5.92. The van der Waals surface area contributed by atoms with Gasteiger partial charge in [0.15, 0.2) is 17.9 Å². The maximum atomic E-state index is 13.4. The van der Waals surface area contributed by atoms with Crippen molar-refractivity contribution in [2.75, 3.05) is 7.11 Å². The highest BCUT2D eigenvalue weighted by Gasteiger charge is 2.26. The van der Waals surface area contributed by atoms with Gasteiger partial charge in [-0.1, -0.05) is 0 Å². The molecule has 1 aromatic carbocycles. The number of aldehydes is 1. The SMILES string of the molecule is COC(=O)c1c(C)c(F)c(C=O)c(F)c1F. The largest absolute Gasteiger partial charge is 0.465 e. The molecule has 0 spiro atoms. The number of benzene rings is 1. The fraction of sp³-hybridized carbons (Fsp3) is 0.200. The van der Waals surface area contributed by atoms with Gasteiger partial charge < -0.3 is 4.74 Å². The molecule has 16 heavy (non-hydrogen) atoms. The Hall–Kier alpha value is -1.85. The molecule has 6 heteroatoms. The van der Waals surface area contributed by atoms with Gasteiger partial charge in [0.1, 0.15) is 11.4 Å². The fourth-order valence-corrected chi connectivity index (χ4v) is 1.25. The molecule has 0 aliphatic heterocycles. The van der Waals surface area contributed by atoms with Gasteiger partial charge in [-0.05, 0) is 6.92 Å². The monoisotopic (exact) mass is 232 g/mol. The quantitative estimate of drug-likeness (QED) is 0.445. The number of halogens is 3. The van der Waals surface area contributed by atoms with Gasteiger partial charge in [-0.3, -0.25) is 4.79 Å². The second kappa shape index (κ2) is 4.34. The first-order valence-corrected chi connectivity index (χ1v) is 4.16. The zero-order valence-electron chi connectivity index (χ0n) is 8.44. The first-order chi connectivity index (χ1) is 7.45. The fourth-order valence-electron chi connectivity index (χ4n) is 1.25. The van der Waals surface area contributed by atoms with E-state index in [0.717, 1.165) is 14.0 Å². The standard InChI is InChI=1S/C10H7F3O3/c1-4-6(10(15)16-2)9(13)8(12)5(3-14)7(4)11/h3H,1-2H3. The van der Waals surface area contributed by atoms with Crippen molar-refractivity contribution in [2.24, 2.45) is 0 Å². The van der Waals surface area contributed by atoms with Crippen LogP contribution in [0.5, 0.6) is 0 Å². The van der Waals surface area contributed by atoms with Crippen LogP contribution >= 0.6 is 0 Å². The Balaban J connectivity index is 3.66. The number of methoxy groups -OCH3 is 1. The molecule has 0 aliphatic rings. The van der Waals surface area contributed by atoms with E-state index >= 15 is 0 Å². The minimum Gasteiger partial charge on any atom is -0.465 e. The molecule has 0 atom stereocenters. The van der Waals surface area contributed by atoms with Crippen LogP contribution in [-0.4, -0.2) is 19.4 Å². The van der Waals surface area contributed by atoms with Crippen LogP contribution in [0.15, 0.2) is 0 Å². The summed E-state index contributed by atoms with van der Waals surface area (Å²) in [5.41, 5.74) is -2.35. The Kier molecular flexibility index (Phi) is 3.31. The van der Waals surface area contributed by atoms with Crippen LogP contribution in [0.2, 0.25) is 0 Å². The van der Waals surface area contributed by atoms with Crippen molar-refractivity contribution < 1.29 is 27.5 Å². The highest BCUT2D eigenvalue weighted by atomic mass is 19.2.